The van der Waals surface area contributed by atoms with Crippen molar-refractivity contribution in [3.05, 3.63) is 24.0 Å². The third kappa shape index (κ3) is 3.37. The SMILES string of the molecule is Nc1cc(F)cc(-c2nnnn2CCCC2CCCC2)c1. The minimum atomic E-state index is -0.370. The van der Waals surface area contributed by atoms with Gasteiger partial charge in [0.25, 0.3) is 0 Å². The molecule has 5 nitrogen and oxygen atoms in total. The van der Waals surface area contributed by atoms with Crippen molar-refractivity contribution in [3.8, 4) is 11.4 Å². The minimum Gasteiger partial charge on any atom is -0.399 e. The molecule has 1 heterocycles. The van der Waals surface area contributed by atoms with E-state index in [2.05, 4.69) is 15.5 Å². The van der Waals surface area contributed by atoms with Crippen molar-refractivity contribution in [1.29, 1.82) is 0 Å². The number of nitrogen functional groups attached to an aromatic ring is 1. The van der Waals surface area contributed by atoms with E-state index in [1.165, 1.54) is 44.2 Å². The van der Waals surface area contributed by atoms with Crippen LogP contribution in [0.25, 0.3) is 11.4 Å². The van der Waals surface area contributed by atoms with Gasteiger partial charge in [0.15, 0.2) is 5.82 Å². The highest BCUT2D eigenvalue weighted by molar-refractivity contribution is 5.61. The highest BCUT2D eigenvalue weighted by Crippen LogP contribution is 2.29. The van der Waals surface area contributed by atoms with E-state index in [1.807, 2.05) is 0 Å². The van der Waals surface area contributed by atoms with E-state index in [4.69, 9.17) is 5.73 Å². The molecule has 1 aromatic carbocycles. The molecule has 0 bridgehead atoms. The molecule has 112 valence electrons. The summed E-state index contributed by atoms with van der Waals surface area (Å²) in [5.41, 5.74) is 6.68. The van der Waals surface area contributed by atoms with E-state index in [1.54, 1.807) is 10.7 Å². The largest absolute Gasteiger partial charge is 0.399 e. The van der Waals surface area contributed by atoms with Crippen molar-refractivity contribution < 1.29 is 4.39 Å². The lowest BCUT2D eigenvalue weighted by Gasteiger charge is -2.09. The number of hydrogen-bond acceptors (Lipinski definition) is 4. The highest BCUT2D eigenvalue weighted by Gasteiger charge is 2.15. The number of aryl methyl sites for hydroxylation is 1. The molecule has 0 amide bonds. The number of tetrazole rings is 1. The summed E-state index contributed by atoms with van der Waals surface area (Å²) in [5, 5.41) is 11.7. The second-order valence-corrected chi connectivity index (χ2v) is 5.79. The third-order valence-corrected chi connectivity index (χ3v) is 4.17. The molecule has 0 unspecified atom stereocenters. The fourth-order valence-corrected chi connectivity index (χ4v) is 3.13. The molecule has 0 aliphatic heterocycles. The summed E-state index contributed by atoms with van der Waals surface area (Å²) in [6, 6.07) is 4.40. The van der Waals surface area contributed by atoms with Crippen LogP contribution in [0.3, 0.4) is 0 Å². The monoisotopic (exact) mass is 289 g/mol. The molecule has 0 saturated heterocycles. The number of hydrogen-bond donors (Lipinski definition) is 1. The van der Waals surface area contributed by atoms with E-state index in [-0.39, 0.29) is 5.82 Å². The van der Waals surface area contributed by atoms with Crippen molar-refractivity contribution >= 4 is 5.69 Å². The van der Waals surface area contributed by atoms with Crippen molar-refractivity contribution in [1.82, 2.24) is 20.2 Å². The van der Waals surface area contributed by atoms with Crippen LogP contribution in [-0.2, 0) is 6.54 Å². The van der Waals surface area contributed by atoms with Crippen LogP contribution in [0.2, 0.25) is 0 Å². The first-order valence-corrected chi connectivity index (χ1v) is 7.55. The number of benzene rings is 1. The molecule has 6 heteroatoms. The molecule has 2 aromatic rings. The maximum atomic E-state index is 13.5. The van der Waals surface area contributed by atoms with Crippen LogP contribution >= 0.6 is 0 Å². The molecule has 2 N–H and O–H groups in total. The molecule has 3 rings (SSSR count). The Morgan fingerprint density at radius 2 is 2.05 bits per heavy atom. The van der Waals surface area contributed by atoms with Crippen molar-refractivity contribution in [2.45, 2.75) is 45.1 Å². The second kappa shape index (κ2) is 6.20. The minimum absolute atomic E-state index is 0.370. The zero-order chi connectivity index (χ0) is 14.7. The van der Waals surface area contributed by atoms with Crippen LogP contribution in [0.5, 0.6) is 0 Å². The van der Waals surface area contributed by atoms with Gasteiger partial charge in [-0.2, -0.15) is 0 Å². The van der Waals surface area contributed by atoms with Gasteiger partial charge >= 0.3 is 0 Å². The zero-order valence-electron chi connectivity index (χ0n) is 12.0. The van der Waals surface area contributed by atoms with Gasteiger partial charge in [0, 0.05) is 17.8 Å². The first-order valence-electron chi connectivity index (χ1n) is 7.55. The lowest BCUT2D eigenvalue weighted by atomic mass is 10.0. The Kier molecular flexibility index (Phi) is 4.13. The fraction of sp³-hybridized carbons (Fsp3) is 0.533. The molecule has 0 atom stereocenters. The Labute approximate surface area is 123 Å². The average Bonchev–Trinajstić information content (AvgIpc) is 3.08. The van der Waals surface area contributed by atoms with Crippen LogP contribution in [0, 0.1) is 11.7 Å². The van der Waals surface area contributed by atoms with E-state index in [9.17, 15) is 4.39 Å². The van der Waals surface area contributed by atoms with E-state index >= 15 is 0 Å². The zero-order valence-corrected chi connectivity index (χ0v) is 12.0. The van der Waals surface area contributed by atoms with Crippen molar-refractivity contribution in [3.63, 3.8) is 0 Å². The summed E-state index contributed by atoms with van der Waals surface area (Å²) in [4.78, 5) is 0. The molecule has 1 aliphatic carbocycles. The summed E-state index contributed by atoms with van der Waals surface area (Å²) in [5.74, 6) is 1.06. The Bertz CT molecular complexity index is 584. The quantitative estimate of drug-likeness (QED) is 0.859. The van der Waals surface area contributed by atoms with E-state index < -0.39 is 0 Å². The Morgan fingerprint density at radius 1 is 1.24 bits per heavy atom. The number of nitrogens with two attached hydrogens (primary N) is 1. The Hall–Kier alpha value is -1.98. The maximum absolute atomic E-state index is 13.5. The Balaban J connectivity index is 1.68. The van der Waals surface area contributed by atoms with Crippen molar-refractivity contribution in [2.24, 2.45) is 5.92 Å². The summed E-state index contributed by atoms with van der Waals surface area (Å²) >= 11 is 0. The van der Waals surface area contributed by atoms with Crippen LogP contribution < -0.4 is 5.73 Å². The molecule has 0 radical (unpaired) electrons. The van der Waals surface area contributed by atoms with Gasteiger partial charge in [-0.05, 0) is 47.4 Å². The van der Waals surface area contributed by atoms with Gasteiger partial charge in [-0.1, -0.05) is 25.7 Å². The second-order valence-electron chi connectivity index (χ2n) is 5.79. The number of rotatable bonds is 5. The highest BCUT2D eigenvalue weighted by atomic mass is 19.1. The molecular weight excluding hydrogens is 269 g/mol. The van der Waals surface area contributed by atoms with Gasteiger partial charge in [-0.3, -0.25) is 0 Å². The van der Waals surface area contributed by atoms with Crippen LogP contribution in [0.1, 0.15) is 38.5 Å². The van der Waals surface area contributed by atoms with Gasteiger partial charge in [0.2, 0.25) is 0 Å². The van der Waals surface area contributed by atoms with Gasteiger partial charge in [0.1, 0.15) is 5.82 Å². The molecule has 1 aliphatic rings. The maximum Gasteiger partial charge on any atom is 0.182 e. The van der Waals surface area contributed by atoms with Gasteiger partial charge < -0.3 is 5.73 Å². The summed E-state index contributed by atoms with van der Waals surface area (Å²) in [7, 11) is 0. The predicted molar refractivity (Wildman–Crippen MR) is 78.8 cm³/mol. The number of aromatic nitrogens is 4. The molecule has 21 heavy (non-hydrogen) atoms. The van der Waals surface area contributed by atoms with Gasteiger partial charge in [-0.25, -0.2) is 9.07 Å². The third-order valence-electron chi connectivity index (χ3n) is 4.17. The Morgan fingerprint density at radius 3 is 2.81 bits per heavy atom. The van der Waals surface area contributed by atoms with Gasteiger partial charge in [-0.15, -0.1) is 5.10 Å². The smallest absolute Gasteiger partial charge is 0.182 e. The first kappa shape index (κ1) is 14.0. The normalized spacial score (nSPS) is 15.7. The van der Waals surface area contributed by atoms with Crippen molar-refractivity contribution in [2.75, 3.05) is 5.73 Å². The summed E-state index contributed by atoms with van der Waals surface area (Å²) < 4.78 is 15.2. The number of halogens is 1. The lowest BCUT2D eigenvalue weighted by Crippen LogP contribution is -2.05. The first-order chi connectivity index (χ1) is 10.2. The van der Waals surface area contributed by atoms with Crippen LogP contribution in [-0.4, -0.2) is 20.2 Å². The van der Waals surface area contributed by atoms with E-state index in [0.29, 0.717) is 17.1 Å². The number of anilines is 1. The summed E-state index contributed by atoms with van der Waals surface area (Å²) in [6.07, 6.45) is 7.69. The molecule has 1 aromatic heterocycles. The molecule has 1 saturated carbocycles. The number of nitrogens with zero attached hydrogens (tertiary/aromatic N) is 4. The van der Waals surface area contributed by atoms with Crippen LogP contribution in [0.4, 0.5) is 10.1 Å². The van der Waals surface area contributed by atoms with Gasteiger partial charge in [0.05, 0.1) is 0 Å². The molecule has 0 spiro atoms. The topological polar surface area (TPSA) is 69.6 Å². The van der Waals surface area contributed by atoms with Crippen LogP contribution in [0.15, 0.2) is 18.2 Å². The average molecular weight is 289 g/mol. The van der Waals surface area contributed by atoms with E-state index in [0.717, 1.165) is 18.9 Å². The fourth-order valence-electron chi connectivity index (χ4n) is 3.13. The standard InChI is InChI=1S/C15H20FN5/c16-13-8-12(9-14(17)10-13)15-18-19-20-21(15)7-3-6-11-4-1-2-5-11/h8-11H,1-7,17H2. The lowest BCUT2D eigenvalue weighted by molar-refractivity contribution is 0.444. The summed E-state index contributed by atoms with van der Waals surface area (Å²) in [6.45, 7) is 0.759. The molecule has 1 fully saturated rings. The molecular formula is C15H20FN5. The predicted octanol–water partition coefficient (Wildman–Crippen LogP) is 3.03.